The predicted molar refractivity (Wildman–Crippen MR) is 95.9 cm³/mol. The zero-order valence-corrected chi connectivity index (χ0v) is 14.2. The van der Waals surface area contributed by atoms with Crippen molar-refractivity contribution in [1.82, 2.24) is 14.9 Å². The highest BCUT2D eigenvalue weighted by Crippen LogP contribution is 2.17. The smallest absolute Gasteiger partial charge is 0.320 e. The van der Waals surface area contributed by atoms with Crippen molar-refractivity contribution in [2.24, 2.45) is 0 Å². The van der Waals surface area contributed by atoms with Gasteiger partial charge in [-0.05, 0) is 32.2 Å². The summed E-state index contributed by atoms with van der Waals surface area (Å²) in [6, 6.07) is 5.28. The van der Waals surface area contributed by atoms with Crippen molar-refractivity contribution in [2.45, 2.75) is 6.92 Å². The molecule has 0 unspecified atom stereocenters. The van der Waals surface area contributed by atoms with E-state index in [0.717, 1.165) is 5.39 Å². The third-order valence-electron chi connectivity index (χ3n) is 3.26. The van der Waals surface area contributed by atoms with Crippen LogP contribution in [-0.4, -0.2) is 53.5 Å². The lowest BCUT2D eigenvalue weighted by molar-refractivity contribution is -0.143. The summed E-state index contributed by atoms with van der Waals surface area (Å²) in [6.45, 7) is 2.75. The summed E-state index contributed by atoms with van der Waals surface area (Å²) in [5.74, 6) is -0.346. The molecule has 132 valence electrons. The van der Waals surface area contributed by atoms with Crippen LogP contribution in [0.1, 0.15) is 6.92 Å². The molecule has 0 radical (unpaired) electrons. The monoisotopic (exact) mass is 343 g/mol. The Bertz CT molecular complexity index is 791. The number of anilines is 2. The Balaban J connectivity index is 1.87. The molecule has 3 N–H and O–H groups in total. The zero-order chi connectivity index (χ0) is 18.2. The number of carbonyl (C=O) groups excluding carboxylic acids is 2. The van der Waals surface area contributed by atoms with Crippen LogP contribution in [0, 0.1) is 0 Å². The van der Waals surface area contributed by atoms with Crippen LogP contribution in [0.4, 0.5) is 11.6 Å². The minimum absolute atomic E-state index is 0.174. The summed E-state index contributed by atoms with van der Waals surface area (Å²) in [4.78, 5) is 33.1. The molecule has 0 spiro atoms. The number of carbonyl (C=O) groups is 2. The van der Waals surface area contributed by atoms with Crippen molar-refractivity contribution in [3.8, 4) is 0 Å². The Morgan fingerprint density at radius 3 is 2.96 bits per heavy atom. The molecule has 8 heteroatoms. The standard InChI is InChI=1S/C17H21N5O3/c1-3-25-16(24)11-22(2)8-4-5-15(23)20-13-6-7-14-12(9-13)10-19-17(18)21-14/h4-7,9-10H,3,8,11H2,1-2H3,(H,20,23)(H2,18,19,21). The number of nitrogens with one attached hydrogen (secondary N) is 1. The molecule has 0 aliphatic heterocycles. The lowest BCUT2D eigenvalue weighted by Crippen LogP contribution is -2.27. The summed E-state index contributed by atoms with van der Waals surface area (Å²) >= 11 is 0. The van der Waals surface area contributed by atoms with E-state index in [1.54, 1.807) is 49.3 Å². The normalized spacial score (nSPS) is 11.2. The largest absolute Gasteiger partial charge is 0.465 e. The second kappa shape index (κ2) is 8.74. The molecule has 0 aliphatic carbocycles. The van der Waals surface area contributed by atoms with Gasteiger partial charge in [0, 0.05) is 29.9 Å². The molecule has 1 amide bonds. The Morgan fingerprint density at radius 1 is 1.40 bits per heavy atom. The van der Waals surface area contributed by atoms with Gasteiger partial charge in [0.2, 0.25) is 11.9 Å². The van der Waals surface area contributed by atoms with E-state index < -0.39 is 0 Å². The van der Waals surface area contributed by atoms with Gasteiger partial charge in [0.05, 0.1) is 18.7 Å². The van der Waals surface area contributed by atoms with Crippen LogP contribution < -0.4 is 11.1 Å². The quantitative estimate of drug-likeness (QED) is 0.574. The van der Waals surface area contributed by atoms with Crippen molar-refractivity contribution in [3.63, 3.8) is 0 Å². The molecular formula is C17H21N5O3. The minimum atomic E-state index is -0.290. The van der Waals surface area contributed by atoms with Gasteiger partial charge < -0.3 is 15.8 Å². The topological polar surface area (TPSA) is 110 Å². The molecule has 0 aliphatic rings. The average Bonchev–Trinajstić information content (AvgIpc) is 2.55. The lowest BCUT2D eigenvalue weighted by Gasteiger charge is -2.12. The van der Waals surface area contributed by atoms with Gasteiger partial charge in [0.1, 0.15) is 0 Å². The molecule has 0 saturated carbocycles. The van der Waals surface area contributed by atoms with Gasteiger partial charge in [-0.1, -0.05) is 6.08 Å². The molecule has 2 aromatic rings. The number of likely N-dealkylation sites (N-methyl/N-ethyl adjacent to an activating group) is 1. The van der Waals surface area contributed by atoms with Crippen LogP contribution in [-0.2, 0) is 14.3 Å². The van der Waals surface area contributed by atoms with Crippen molar-refractivity contribution in [3.05, 3.63) is 36.5 Å². The number of amides is 1. The van der Waals surface area contributed by atoms with E-state index in [-0.39, 0.29) is 24.4 Å². The molecule has 25 heavy (non-hydrogen) atoms. The Labute approximate surface area is 145 Å². The van der Waals surface area contributed by atoms with Crippen LogP contribution in [0.2, 0.25) is 0 Å². The molecular weight excluding hydrogens is 322 g/mol. The average molecular weight is 343 g/mol. The van der Waals surface area contributed by atoms with Gasteiger partial charge in [-0.2, -0.15) is 0 Å². The first kappa shape index (κ1) is 18.3. The highest BCUT2D eigenvalue weighted by Gasteiger charge is 2.06. The third kappa shape index (κ3) is 5.85. The van der Waals surface area contributed by atoms with Crippen molar-refractivity contribution >= 4 is 34.4 Å². The number of hydrogen-bond acceptors (Lipinski definition) is 7. The molecule has 1 heterocycles. The first-order valence-electron chi connectivity index (χ1n) is 7.82. The third-order valence-corrected chi connectivity index (χ3v) is 3.26. The maximum absolute atomic E-state index is 11.9. The van der Waals surface area contributed by atoms with E-state index in [0.29, 0.717) is 24.4 Å². The lowest BCUT2D eigenvalue weighted by atomic mass is 10.2. The second-order valence-electron chi connectivity index (χ2n) is 5.40. The molecule has 0 atom stereocenters. The van der Waals surface area contributed by atoms with E-state index >= 15 is 0 Å². The molecule has 0 fully saturated rings. The summed E-state index contributed by atoms with van der Waals surface area (Å²) in [5, 5.41) is 3.54. The number of benzene rings is 1. The first-order valence-corrected chi connectivity index (χ1v) is 7.82. The SMILES string of the molecule is CCOC(=O)CN(C)CC=CC(=O)Nc1ccc2nc(N)ncc2c1. The maximum atomic E-state index is 11.9. The Kier molecular flexibility index (Phi) is 6.41. The van der Waals surface area contributed by atoms with E-state index in [1.807, 2.05) is 0 Å². The zero-order valence-electron chi connectivity index (χ0n) is 14.2. The van der Waals surface area contributed by atoms with Gasteiger partial charge in [-0.15, -0.1) is 0 Å². The van der Waals surface area contributed by atoms with Gasteiger partial charge in [0.25, 0.3) is 0 Å². The number of fused-ring (bicyclic) bond motifs is 1. The van der Waals surface area contributed by atoms with Crippen LogP contribution in [0.15, 0.2) is 36.5 Å². The molecule has 1 aromatic carbocycles. The van der Waals surface area contributed by atoms with Crippen LogP contribution >= 0.6 is 0 Å². The summed E-state index contributed by atoms with van der Waals surface area (Å²) in [6.07, 6.45) is 4.71. The first-order chi connectivity index (χ1) is 12.0. The fourth-order valence-corrected chi connectivity index (χ4v) is 2.14. The van der Waals surface area contributed by atoms with E-state index in [1.165, 1.54) is 6.08 Å². The second-order valence-corrected chi connectivity index (χ2v) is 5.40. The maximum Gasteiger partial charge on any atom is 0.320 e. The van der Waals surface area contributed by atoms with Crippen molar-refractivity contribution < 1.29 is 14.3 Å². The number of ether oxygens (including phenoxy) is 1. The number of nitrogen functional groups attached to an aromatic ring is 1. The number of nitrogens with two attached hydrogens (primary N) is 1. The Morgan fingerprint density at radius 2 is 2.20 bits per heavy atom. The minimum Gasteiger partial charge on any atom is -0.465 e. The highest BCUT2D eigenvalue weighted by atomic mass is 16.5. The van der Waals surface area contributed by atoms with E-state index in [2.05, 4.69) is 15.3 Å². The molecule has 1 aromatic heterocycles. The van der Waals surface area contributed by atoms with Crippen LogP contribution in [0.3, 0.4) is 0 Å². The van der Waals surface area contributed by atoms with E-state index in [9.17, 15) is 9.59 Å². The molecule has 0 bridgehead atoms. The Hall–Kier alpha value is -3.00. The molecule has 2 rings (SSSR count). The van der Waals surface area contributed by atoms with Crippen molar-refractivity contribution in [1.29, 1.82) is 0 Å². The molecule has 0 saturated heterocycles. The van der Waals surface area contributed by atoms with Gasteiger partial charge in [-0.3, -0.25) is 14.5 Å². The summed E-state index contributed by atoms with van der Waals surface area (Å²) in [5.41, 5.74) is 6.88. The predicted octanol–water partition coefficient (Wildman–Crippen LogP) is 1.20. The van der Waals surface area contributed by atoms with Crippen LogP contribution in [0.5, 0.6) is 0 Å². The van der Waals surface area contributed by atoms with Crippen molar-refractivity contribution in [2.75, 3.05) is 37.8 Å². The van der Waals surface area contributed by atoms with Crippen LogP contribution in [0.25, 0.3) is 10.9 Å². The van der Waals surface area contributed by atoms with Gasteiger partial charge >= 0.3 is 5.97 Å². The summed E-state index contributed by atoms with van der Waals surface area (Å²) in [7, 11) is 1.77. The van der Waals surface area contributed by atoms with Gasteiger partial charge in [0.15, 0.2) is 0 Å². The fraction of sp³-hybridized carbons (Fsp3) is 0.294. The summed E-state index contributed by atoms with van der Waals surface area (Å²) < 4.78 is 4.86. The number of esters is 1. The number of nitrogens with zero attached hydrogens (tertiary/aromatic N) is 3. The highest BCUT2D eigenvalue weighted by molar-refractivity contribution is 6.00. The number of rotatable bonds is 7. The molecule has 8 nitrogen and oxygen atoms in total. The van der Waals surface area contributed by atoms with E-state index in [4.69, 9.17) is 10.5 Å². The van der Waals surface area contributed by atoms with Gasteiger partial charge in [-0.25, -0.2) is 9.97 Å². The fourth-order valence-electron chi connectivity index (χ4n) is 2.14. The number of aromatic nitrogens is 2. The number of hydrogen-bond donors (Lipinski definition) is 2.